The van der Waals surface area contributed by atoms with Crippen molar-refractivity contribution in [2.45, 2.75) is 50.5 Å². The number of rotatable bonds is 10. The predicted octanol–water partition coefficient (Wildman–Crippen LogP) is 2.79. The first kappa shape index (κ1) is 23.7. The molecule has 2 saturated heterocycles. The van der Waals surface area contributed by atoms with Gasteiger partial charge in [-0.3, -0.25) is 19.3 Å². The summed E-state index contributed by atoms with van der Waals surface area (Å²) in [5.41, 5.74) is -0.755. The Bertz CT molecular complexity index is 811. The van der Waals surface area contributed by atoms with E-state index < -0.39 is 5.41 Å². The Kier molecular flexibility index (Phi) is 8.08. The summed E-state index contributed by atoms with van der Waals surface area (Å²) in [5.74, 6) is -0.808. The minimum absolute atomic E-state index is 0.0200. The summed E-state index contributed by atoms with van der Waals surface area (Å²) >= 11 is 6.47. The second kappa shape index (κ2) is 10.6. The highest BCUT2D eigenvalue weighted by molar-refractivity contribution is 6.32. The highest BCUT2D eigenvalue weighted by Crippen LogP contribution is 2.43. The van der Waals surface area contributed by atoms with Gasteiger partial charge in [0.25, 0.3) is 0 Å². The molecule has 2 heterocycles. The van der Waals surface area contributed by atoms with Gasteiger partial charge in [-0.15, -0.1) is 0 Å². The average Bonchev–Trinajstić information content (AvgIpc) is 3.34. The molecule has 0 radical (unpaired) electrons. The lowest BCUT2D eigenvalue weighted by atomic mass is 9.75. The van der Waals surface area contributed by atoms with Crippen LogP contribution in [-0.2, 0) is 29.3 Å². The fourth-order valence-corrected chi connectivity index (χ4v) is 4.82. The first-order valence-corrected chi connectivity index (χ1v) is 11.3. The highest BCUT2D eigenvalue weighted by Gasteiger charge is 2.54. The number of carbonyl (C=O) groups is 3. The van der Waals surface area contributed by atoms with Gasteiger partial charge >= 0.3 is 0 Å². The fourth-order valence-electron chi connectivity index (χ4n) is 4.50. The second-order valence-electron chi connectivity index (χ2n) is 8.18. The average molecular weight is 451 g/mol. The van der Waals surface area contributed by atoms with Crippen molar-refractivity contribution in [1.29, 1.82) is 0 Å². The van der Waals surface area contributed by atoms with Crippen LogP contribution < -0.4 is 0 Å². The van der Waals surface area contributed by atoms with Crippen molar-refractivity contribution in [3.05, 3.63) is 34.9 Å². The molecule has 2 atom stereocenters. The largest absolute Gasteiger partial charge is 0.385 e. The van der Waals surface area contributed by atoms with Crippen LogP contribution in [0.5, 0.6) is 0 Å². The van der Waals surface area contributed by atoms with Crippen LogP contribution in [0.25, 0.3) is 0 Å². The van der Waals surface area contributed by atoms with Gasteiger partial charge < -0.3 is 14.4 Å². The molecular weight excluding hydrogens is 420 g/mol. The Balaban J connectivity index is 1.88. The van der Waals surface area contributed by atoms with Crippen molar-refractivity contribution < 1.29 is 23.9 Å². The lowest BCUT2D eigenvalue weighted by Gasteiger charge is -2.31. The quantitative estimate of drug-likeness (QED) is 0.404. The molecule has 8 heteroatoms. The SMILES string of the molecule is CCN(CC1CCCO1)C(=O)CC1(c2ccccc2Cl)CC(=O)N(CCCOC)C1=O. The van der Waals surface area contributed by atoms with E-state index in [4.69, 9.17) is 21.1 Å². The number of imide groups is 1. The molecule has 2 aliphatic rings. The first-order valence-electron chi connectivity index (χ1n) is 10.9. The maximum Gasteiger partial charge on any atom is 0.240 e. The van der Waals surface area contributed by atoms with E-state index in [-0.39, 0.29) is 43.2 Å². The molecule has 0 N–H and O–H groups in total. The molecule has 3 rings (SSSR count). The summed E-state index contributed by atoms with van der Waals surface area (Å²) in [6.07, 6.45) is 2.31. The van der Waals surface area contributed by atoms with Crippen molar-refractivity contribution in [2.75, 3.05) is 40.0 Å². The van der Waals surface area contributed by atoms with E-state index >= 15 is 0 Å². The summed E-state index contributed by atoms with van der Waals surface area (Å²) in [5, 5.41) is 0.386. The molecule has 0 aliphatic carbocycles. The van der Waals surface area contributed by atoms with Gasteiger partial charge in [0.15, 0.2) is 0 Å². The summed E-state index contributed by atoms with van der Waals surface area (Å²) in [6, 6.07) is 6.99. The van der Waals surface area contributed by atoms with Crippen LogP contribution in [0.4, 0.5) is 0 Å². The molecule has 3 amide bonds. The van der Waals surface area contributed by atoms with Gasteiger partial charge in [0.2, 0.25) is 17.7 Å². The number of ether oxygens (including phenoxy) is 2. The van der Waals surface area contributed by atoms with Crippen LogP contribution >= 0.6 is 11.6 Å². The third-order valence-electron chi connectivity index (χ3n) is 6.16. The molecular formula is C23H31ClN2O5. The first-order chi connectivity index (χ1) is 14.9. The zero-order chi connectivity index (χ0) is 22.4. The van der Waals surface area contributed by atoms with E-state index in [0.29, 0.717) is 43.3 Å². The van der Waals surface area contributed by atoms with E-state index in [1.807, 2.05) is 6.92 Å². The third kappa shape index (κ3) is 5.10. The van der Waals surface area contributed by atoms with Crippen LogP contribution in [0.3, 0.4) is 0 Å². The minimum Gasteiger partial charge on any atom is -0.385 e. The molecule has 2 aliphatic heterocycles. The molecule has 31 heavy (non-hydrogen) atoms. The van der Waals surface area contributed by atoms with E-state index in [9.17, 15) is 14.4 Å². The number of methoxy groups -OCH3 is 1. The number of nitrogens with zero attached hydrogens (tertiary/aromatic N) is 2. The summed E-state index contributed by atoms with van der Waals surface area (Å²) in [7, 11) is 1.58. The second-order valence-corrected chi connectivity index (χ2v) is 8.59. The van der Waals surface area contributed by atoms with Crippen LogP contribution in [-0.4, -0.2) is 73.6 Å². The molecule has 7 nitrogen and oxygen atoms in total. The Labute approximate surface area is 188 Å². The number of hydrogen-bond acceptors (Lipinski definition) is 5. The van der Waals surface area contributed by atoms with E-state index in [1.54, 1.807) is 36.3 Å². The molecule has 170 valence electrons. The fraction of sp³-hybridized carbons (Fsp3) is 0.609. The van der Waals surface area contributed by atoms with Gasteiger partial charge in [-0.2, -0.15) is 0 Å². The van der Waals surface area contributed by atoms with Crippen molar-refractivity contribution in [2.24, 2.45) is 0 Å². The number of likely N-dealkylation sites (tertiary alicyclic amines) is 1. The molecule has 0 aromatic heterocycles. The molecule has 0 bridgehead atoms. The number of hydrogen-bond donors (Lipinski definition) is 0. The standard InChI is InChI=1S/C23H31ClN2O5/c1-3-25(16-17-8-6-13-31-17)20(27)14-23(18-9-4-5-10-19(18)24)15-21(28)26(22(23)29)11-7-12-30-2/h4-5,9-10,17H,3,6-8,11-16H2,1-2H3. The maximum atomic E-state index is 13.6. The normalized spacial score (nSPS) is 23.6. The zero-order valence-corrected chi connectivity index (χ0v) is 19.0. The predicted molar refractivity (Wildman–Crippen MR) is 117 cm³/mol. The lowest BCUT2D eigenvalue weighted by molar-refractivity contribution is -0.143. The zero-order valence-electron chi connectivity index (χ0n) is 18.3. The number of likely N-dealkylation sites (N-methyl/N-ethyl adjacent to an activating group) is 1. The van der Waals surface area contributed by atoms with Gasteiger partial charge in [-0.05, 0) is 37.8 Å². The number of amides is 3. The van der Waals surface area contributed by atoms with Crippen molar-refractivity contribution in [3.63, 3.8) is 0 Å². The van der Waals surface area contributed by atoms with Crippen molar-refractivity contribution in [1.82, 2.24) is 9.80 Å². The minimum atomic E-state index is -1.29. The summed E-state index contributed by atoms with van der Waals surface area (Å²) in [4.78, 5) is 42.8. The van der Waals surface area contributed by atoms with Crippen LogP contribution in [0.15, 0.2) is 24.3 Å². The molecule has 1 aromatic rings. The highest BCUT2D eigenvalue weighted by atomic mass is 35.5. The smallest absolute Gasteiger partial charge is 0.240 e. The molecule has 2 fully saturated rings. The van der Waals surface area contributed by atoms with E-state index in [2.05, 4.69) is 0 Å². The van der Waals surface area contributed by atoms with Gasteiger partial charge in [0, 0.05) is 57.8 Å². The molecule has 1 aromatic carbocycles. The Morgan fingerprint density at radius 3 is 2.77 bits per heavy atom. The summed E-state index contributed by atoms with van der Waals surface area (Å²) < 4.78 is 10.7. The third-order valence-corrected chi connectivity index (χ3v) is 6.49. The topological polar surface area (TPSA) is 76.2 Å². The maximum absolute atomic E-state index is 13.6. The van der Waals surface area contributed by atoms with Crippen LogP contribution in [0, 0.1) is 0 Å². The molecule has 0 spiro atoms. The Hall–Kier alpha value is -1.96. The Morgan fingerprint density at radius 1 is 1.35 bits per heavy atom. The lowest BCUT2D eigenvalue weighted by Crippen LogP contribution is -2.45. The van der Waals surface area contributed by atoms with E-state index in [1.165, 1.54) is 4.90 Å². The van der Waals surface area contributed by atoms with Crippen LogP contribution in [0.1, 0.15) is 44.6 Å². The van der Waals surface area contributed by atoms with Gasteiger partial charge in [-0.1, -0.05) is 29.8 Å². The van der Waals surface area contributed by atoms with E-state index in [0.717, 1.165) is 12.8 Å². The van der Waals surface area contributed by atoms with Crippen LogP contribution in [0.2, 0.25) is 5.02 Å². The van der Waals surface area contributed by atoms with Crippen molar-refractivity contribution >= 4 is 29.3 Å². The summed E-state index contributed by atoms with van der Waals surface area (Å²) in [6.45, 7) is 4.33. The van der Waals surface area contributed by atoms with Gasteiger partial charge in [-0.25, -0.2) is 0 Å². The Morgan fingerprint density at radius 2 is 2.13 bits per heavy atom. The van der Waals surface area contributed by atoms with Gasteiger partial charge in [0.05, 0.1) is 11.5 Å². The van der Waals surface area contributed by atoms with Gasteiger partial charge in [0.1, 0.15) is 0 Å². The molecule has 0 saturated carbocycles. The number of benzene rings is 1. The monoisotopic (exact) mass is 450 g/mol. The van der Waals surface area contributed by atoms with Crippen molar-refractivity contribution in [3.8, 4) is 0 Å². The number of carbonyl (C=O) groups excluding carboxylic acids is 3. The molecule has 2 unspecified atom stereocenters. The number of halogens is 1.